The molecule has 15 heavy (non-hydrogen) atoms. The Morgan fingerprint density at radius 2 is 2.33 bits per heavy atom. The van der Waals surface area contributed by atoms with E-state index in [4.69, 9.17) is 4.52 Å². The van der Waals surface area contributed by atoms with Crippen molar-refractivity contribution >= 4 is 5.91 Å². The van der Waals surface area contributed by atoms with Crippen molar-refractivity contribution in [3.63, 3.8) is 0 Å². The van der Waals surface area contributed by atoms with Gasteiger partial charge in [-0.3, -0.25) is 4.79 Å². The van der Waals surface area contributed by atoms with Crippen LogP contribution in [0.25, 0.3) is 0 Å². The fourth-order valence-corrected chi connectivity index (χ4v) is 1.69. The summed E-state index contributed by atoms with van der Waals surface area (Å²) in [7, 11) is 0. The highest BCUT2D eigenvalue weighted by molar-refractivity contribution is 5.91. The van der Waals surface area contributed by atoms with Crippen LogP contribution in [0.1, 0.15) is 29.1 Å². The third-order valence-electron chi connectivity index (χ3n) is 2.53. The van der Waals surface area contributed by atoms with Gasteiger partial charge in [-0.15, -0.1) is 0 Å². The Morgan fingerprint density at radius 1 is 1.60 bits per heavy atom. The summed E-state index contributed by atoms with van der Waals surface area (Å²) >= 11 is 0. The number of aromatic nitrogens is 1. The molecule has 0 spiro atoms. The maximum absolute atomic E-state index is 11.7. The molecule has 0 atom stereocenters. The molecule has 5 nitrogen and oxygen atoms in total. The lowest BCUT2D eigenvalue weighted by Crippen LogP contribution is -2.42. The molecular weight excluding hydrogens is 194 g/mol. The van der Waals surface area contributed by atoms with Crippen molar-refractivity contribution in [2.75, 3.05) is 13.1 Å². The molecule has 0 bridgehead atoms. The highest BCUT2D eigenvalue weighted by Crippen LogP contribution is 2.06. The number of amides is 1. The molecule has 5 heteroatoms. The van der Waals surface area contributed by atoms with Crippen LogP contribution in [0.2, 0.25) is 0 Å². The zero-order chi connectivity index (χ0) is 10.7. The van der Waals surface area contributed by atoms with E-state index in [1.807, 2.05) is 0 Å². The first-order chi connectivity index (χ1) is 7.25. The van der Waals surface area contributed by atoms with Gasteiger partial charge in [0.1, 0.15) is 0 Å². The molecular formula is C10H15N3O2. The predicted molar refractivity (Wildman–Crippen MR) is 54.6 cm³/mol. The lowest BCUT2D eigenvalue weighted by atomic mass is 10.1. The van der Waals surface area contributed by atoms with Crippen LogP contribution >= 0.6 is 0 Å². The van der Waals surface area contributed by atoms with Crippen LogP contribution in [0.4, 0.5) is 0 Å². The summed E-state index contributed by atoms with van der Waals surface area (Å²) in [5, 5.41) is 9.86. The van der Waals surface area contributed by atoms with Crippen molar-refractivity contribution in [1.82, 2.24) is 15.8 Å². The Balaban J connectivity index is 1.91. The van der Waals surface area contributed by atoms with E-state index in [1.165, 1.54) is 0 Å². The summed E-state index contributed by atoms with van der Waals surface area (Å²) in [6.45, 7) is 3.71. The first kappa shape index (κ1) is 10.2. The smallest absolute Gasteiger partial charge is 0.290 e. The van der Waals surface area contributed by atoms with Crippen LogP contribution in [-0.4, -0.2) is 30.2 Å². The van der Waals surface area contributed by atoms with Crippen molar-refractivity contribution in [3.05, 3.63) is 17.5 Å². The normalized spacial score (nSPS) is 17.7. The van der Waals surface area contributed by atoms with Crippen LogP contribution < -0.4 is 10.6 Å². The second-order valence-corrected chi connectivity index (χ2v) is 3.83. The highest BCUT2D eigenvalue weighted by atomic mass is 16.5. The van der Waals surface area contributed by atoms with Gasteiger partial charge in [-0.05, 0) is 32.9 Å². The van der Waals surface area contributed by atoms with Gasteiger partial charge in [-0.2, -0.15) is 0 Å². The van der Waals surface area contributed by atoms with Gasteiger partial charge in [0.15, 0.2) is 0 Å². The molecule has 0 aromatic carbocycles. The minimum absolute atomic E-state index is 0.164. The summed E-state index contributed by atoms with van der Waals surface area (Å²) < 4.78 is 4.89. The second kappa shape index (κ2) is 4.44. The largest absolute Gasteiger partial charge is 0.351 e. The third-order valence-corrected chi connectivity index (χ3v) is 2.53. The van der Waals surface area contributed by atoms with E-state index < -0.39 is 0 Å². The number of nitrogens with zero attached hydrogens (tertiary/aromatic N) is 1. The molecule has 1 aromatic heterocycles. The van der Waals surface area contributed by atoms with Crippen LogP contribution in [-0.2, 0) is 0 Å². The van der Waals surface area contributed by atoms with E-state index in [0.29, 0.717) is 5.76 Å². The summed E-state index contributed by atoms with van der Waals surface area (Å²) in [6.07, 6.45) is 1.94. The van der Waals surface area contributed by atoms with Crippen molar-refractivity contribution in [2.45, 2.75) is 25.8 Å². The maximum Gasteiger partial charge on any atom is 0.290 e. The Bertz CT molecular complexity index is 342. The second-order valence-electron chi connectivity index (χ2n) is 3.83. The molecule has 2 N–H and O–H groups in total. The molecule has 1 aromatic rings. The van der Waals surface area contributed by atoms with Gasteiger partial charge in [0.05, 0.1) is 5.69 Å². The number of hydrogen-bond donors (Lipinski definition) is 2. The Morgan fingerprint density at radius 3 is 2.93 bits per heavy atom. The quantitative estimate of drug-likeness (QED) is 0.742. The SMILES string of the molecule is Cc1cc(C(=O)NC2CCNCC2)on1. The van der Waals surface area contributed by atoms with Gasteiger partial charge in [-0.1, -0.05) is 5.16 Å². The monoisotopic (exact) mass is 209 g/mol. The van der Waals surface area contributed by atoms with Crippen LogP contribution in [0.3, 0.4) is 0 Å². The average molecular weight is 209 g/mol. The predicted octanol–water partition coefficient (Wildman–Crippen LogP) is 0.465. The summed E-state index contributed by atoms with van der Waals surface area (Å²) in [5.41, 5.74) is 0.727. The number of rotatable bonds is 2. The molecule has 1 amide bonds. The minimum atomic E-state index is -0.164. The van der Waals surface area contributed by atoms with E-state index in [1.54, 1.807) is 13.0 Å². The Hall–Kier alpha value is -1.36. The molecule has 0 aliphatic carbocycles. The molecule has 2 heterocycles. The molecule has 0 saturated carbocycles. The molecule has 0 unspecified atom stereocenters. The van der Waals surface area contributed by atoms with Crippen LogP contribution in [0.15, 0.2) is 10.6 Å². The number of aryl methyl sites for hydroxylation is 1. The van der Waals surface area contributed by atoms with Crippen molar-refractivity contribution in [2.24, 2.45) is 0 Å². The van der Waals surface area contributed by atoms with Gasteiger partial charge in [0, 0.05) is 12.1 Å². The van der Waals surface area contributed by atoms with Gasteiger partial charge >= 0.3 is 0 Å². The number of piperidine rings is 1. The van der Waals surface area contributed by atoms with E-state index in [2.05, 4.69) is 15.8 Å². The van der Waals surface area contributed by atoms with Crippen LogP contribution in [0, 0.1) is 6.92 Å². The average Bonchev–Trinajstić information content (AvgIpc) is 2.66. The van der Waals surface area contributed by atoms with Crippen LogP contribution in [0.5, 0.6) is 0 Å². The third kappa shape index (κ3) is 2.56. The summed E-state index contributed by atoms with van der Waals surface area (Å²) in [6, 6.07) is 1.90. The first-order valence-corrected chi connectivity index (χ1v) is 5.20. The Kier molecular flexibility index (Phi) is 3.01. The van der Waals surface area contributed by atoms with E-state index in [-0.39, 0.29) is 11.9 Å². The zero-order valence-electron chi connectivity index (χ0n) is 8.75. The van der Waals surface area contributed by atoms with Gasteiger partial charge in [-0.25, -0.2) is 0 Å². The minimum Gasteiger partial charge on any atom is -0.351 e. The number of carbonyl (C=O) groups is 1. The number of nitrogens with one attached hydrogen (secondary N) is 2. The zero-order valence-corrected chi connectivity index (χ0v) is 8.75. The lowest BCUT2D eigenvalue weighted by Gasteiger charge is -2.22. The standard InChI is InChI=1S/C10H15N3O2/c1-7-6-9(15-13-7)10(14)12-8-2-4-11-5-3-8/h6,8,11H,2-5H2,1H3,(H,12,14). The molecule has 2 rings (SSSR count). The van der Waals surface area contributed by atoms with Gasteiger partial charge in [0.25, 0.3) is 5.91 Å². The summed E-state index contributed by atoms with van der Waals surface area (Å²) in [4.78, 5) is 11.7. The maximum atomic E-state index is 11.7. The first-order valence-electron chi connectivity index (χ1n) is 5.20. The van der Waals surface area contributed by atoms with E-state index in [9.17, 15) is 4.79 Å². The van der Waals surface area contributed by atoms with Gasteiger partial charge in [0.2, 0.25) is 5.76 Å². The lowest BCUT2D eigenvalue weighted by molar-refractivity contribution is 0.0892. The molecule has 1 aliphatic heterocycles. The highest BCUT2D eigenvalue weighted by Gasteiger charge is 2.18. The molecule has 0 radical (unpaired) electrons. The number of hydrogen-bond acceptors (Lipinski definition) is 4. The molecule has 82 valence electrons. The number of carbonyl (C=O) groups excluding carboxylic acids is 1. The summed E-state index contributed by atoms with van der Waals surface area (Å²) in [5.74, 6) is 0.133. The Labute approximate surface area is 88.2 Å². The molecule has 1 fully saturated rings. The molecule has 1 aliphatic rings. The fraction of sp³-hybridized carbons (Fsp3) is 0.600. The topological polar surface area (TPSA) is 67.2 Å². The van der Waals surface area contributed by atoms with E-state index in [0.717, 1.165) is 31.6 Å². The van der Waals surface area contributed by atoms with E-state index >= 15 is 0 Å². The van der Waals surface area contributed by atoms with Gasteiger partial charge < -0.3 is 15.2 Å². The fourth-order valence-electron chi connectivity index (χ4n) is 1.69. The van der Waals surface area contributed by atoms with Crippen molar-refractivity contribution in [1.29, 1.82) is 0 Å². The van der Waals surface area contributed by atoms with Crippen molar-refractivity contribution < 1.29 is 9.32 Å². The molecule has 1 saturated heterocycles. The van der Waals surface area contributed by atoms with Crippen molar-refractivity contribution in [3.8, 4) is 0 Å².